The van der Waals surface area contributed by atoms with E-state index in [4.69, 9.17) is 4.74 Å². The first-order valence-corrected chi connectivity index (χ1v) is 7.68. The number of morpholine rings is 1. The van der Waals surface area contributed by atoms with Crippen molar-refractivity contribution in [2.45, 2.75) is 20.4 Å². The van der Waals surface area contributed by atoms with E-state index in [1.807, 2.05) is 26.0 Å². The zero-order valence-electron chi connectivity index (χ0n) is 13.0. The first kappa shape index (κ1) is 15.8. The van der Waals surface area contributed by atoms with Crippen molar-refractivity contribution in [3.05, 3.63) is 29.8 Å². The van der Waals surface area contributed by atoms with Gasteiger partial charge in [-0.05, 0) is 31.5 Å². The van der Waals surface area contributed by atoms with E-state index in [-0.39, 0.29) is 6.03 Å². The molecule has 1 aliphatic rings. The highest BCUT2D eigenvalue weighted by atomic mass is 16.5. The second-order valence-electron chi connectivity index (χ2n) is 5.19. The Kier molecular flexibility index (Phi) is 6.02. The second-order valence-corrected chi connectivity index (χ2v) is 5.19. The molecule has 1 heterocycles. The lowest BCUT2D eigenvalue weighted by Gasteiger charge is -2.26. The lowest BCUT2D eigenvalue weighted by atomic mass is 10.2. The fraction of sp³-hybridized carbons (Fsp3) is 0.562. The Hall–Kier alpha value is -1.59. The van der Waals surface area contributed by atoms with Crippen LogP contribution in [0.5, 0.6) is 0 Å². The zero-order valence-corrected chi connectivity index (χ0v) is 13.0. The summed E-state index contributed by atoms with van der Waals surface area (Å²) in [6, 6.07) is 8.05. The van der Waals surface area contributed by atoms with Crippen LogP contribution < -0.4 is 5.32 Å². The average molecular weight is 291 g/mol. The molecule has 0 bridgehead atoms. The fourth-order valence-corrected chi connectivity index (χ4v) is 2.42. The van der Waals surface area contributed by atoms with Crippen LogP contribution in [0.15, 0.2) is 24.3 Å². The minimum Gasteiger partial charge on any atom is -0.379 e. The van der Waals surface area contributed by atoms with Crippen molar-refractivity contribution >= 4 is 11.7 Å². The minimum absolute atomic E-state index is 0.0408. The summed E-state index contributed by atoms with van der Waals surface area (Å²) in [6.45, 7) is 9.95. The highest BCUT2D eigenvalue weighted by Gasteiger charge is 2.11. The van der Waals surface area contributed by atoms with E-state index in [9.17, 15) is 4.79 Å². The summed E-state index contributed by atoms with van der Waals surface area (Å²) >= 11 is 0. The number of nitrogens with zero attached hydrogens (tertiary/aromatic N) is 2. The van der Waals surface area contributed by atoms with Crippen LogP contribution in [0.3, 0.4) is 0 Å². The largest absolute Gasteiger partial charge is 0.379 e. The van der Waals surface area contributed by atoms with Crippen LogP contribution >= 0.6 is 0 Å². The number of rotatable bonds is 5. The molecule has 116 valence electrons. The van der Waals surface area contributed by atoms with E-state index < -0.39 is 0 Å². The standard InChI is InChI=1S/C16H25N3O2/c1-3-19(4-2)16(20)17-15-7-5-14(6-8-15)13-18-9-11-21-12-10-18/h5-8H,3-4,9-13H2,1-2H3,(H,17,20). The first-order chi connectivity index (χ1) is 10.2. The quantitative estimate of drug-likeness (QED) is 0.906. The molecule has 5 heteroatoms. The van der Waals surface area contributed by atoms with Gasteiger partial charge in [-0.2, -0.15) is 0 Å². The number of benzene rings is 1. The SMILES string of the molecule is CCN(CC)C(=O)Nc1ccc(CN2CCOCC2)cc1. The number of hydrogen-bond acceptors (Lipinski definition) is 3. The predicted octanol–water partition coefficient (Wildman–Crippen LogP) is 2.39. The Morgan fingerprint density at radius 3 is 2.38 bits per heavy atom. The summed E-state index contributed by atoms with van der Waals surface area (Å²) in [4.78, 5) is 16.1. The lowest BCUT2D eigenvalue weighted by molar-refractivity contribution is 0.0342. The zero-order chi connectivity index (χ0) is 15.1. The normalized spacial score (nSPS) is 15.7. The van der Waals surface area contributed by atoms with E-state index >= 15 is 0 Å². The highest BCUT2D eigenvalue weighted by Crippen LogP contribution is 2.13. The third kappa shape index (κ3) is 4.72. The number of anilines is 1. The van der Waals surface area contributed by atoms with E-state index in [0.29, 0.717) is 0 Å². The maximum absolute atomic E-state index is 12.0. The summed E-state index contributed by atoms with van der Waals surface area (Å²) in [7, 11) is 0. The molecular weight excluding hydrogens is 266 g/mol. The third-order valence-electron chi connectivity index (χ3n) is 3.77. The van der Waals surface area contributed by atoms with Gasteiger partial charge in [-0.15, -0.1) is 0 Å². The Morgan fingerprint density at radius 2 is 1.81 bits per heavy atom. The Bertz CT molecular complexity index is 437. The summed E-state index contributed by atoms with van der Waals surface area (Å²) in [5, 5.41) is 2.93. The van der Waals surface area contributed by atoms with Gasteiger partial charge in [0.05, 0.1) is 13.2 Å². The molecule has 0 aromatic heterocycles. The predicted molar refractivity (Wildman–Crippen MR) is 84.5 cm³/mol. The van der Waals surface area contributed by atoms with Gasteiger partial charge in [-0.1, -0.05) is 12.1 Å². The monoisotopic (exact) mass is 291 g/mol. The van der Waals surface area contributed by atoms with Gasteiger partial charge in [-0.3, -0.25) is 4.90 Å². The molecule has 1 aromatic carbocycles. The summed E-state index contributed by atoms with van der Waals surface area (Å²) in [5.74, 6) is 0. The van der Waals surface area contributed by atoms with Gasteiger partial charge >= 0.3 is 6.03 Å². The number of ether oxygens (including phenoxy) is 1. The van der Waals surface area contributed by atoms with Crippen molar-refractivity contribution in [3.63, 3.8) is 0 Å². The molecule has 0 atom stereocenters. The summed E-state index contributed by atoms with van der Waals surface area (Å²) in [6.07, 6.45) is 0. The van der Waals surface area contributed by atoms with E-state index in [2.05, 4.69) is 22.3 Å². The number of amides is 2. The molecule has 1 aliphatic heterocycles. The van der Waals surface area contributed by atoms with Gasteiger partial charge in [0.2, 0.25) is 0 Å². The molecule has 5 nitrogen and oxygen atoms in total. The molecule has 0 saturated carbocycles. The maximum atomic E-state index is 12.0. The molecular formula is C16H25N3O2. The van der Waals surface area contributed by atoms with Crippen molar-refractivity contribution in [3.8, 4) is 0 Å². The molecule has 2 rings (SSSR count). The number of carbonyl (C=O) groups is 1. The molecule has 21 heavy (non-hydrogen) atoms. The van der Waals surface area contributed by atoms with Crippen LogP contribution in [0, 0.1) is 0 Å². The lowest BCUT2D eigenvalue weighted by Crippen LogP contribution is -2.35. The Morgan fingerprint density at radius 1 is 1.19 bits per heavy atom. The van der Waals surface area contributed by atoms with Crippen LogP contribution in [-0.2, 0) is 11.3 Å². The van der Waals surface area contributed by atoms with Crippen LogP contribution in [0.1, 0.15) is 19.4 Å². The molecule has 0 spiro atoms. The van der Waals surface area contributed by atoms with Gasteiger partial charge in [0, 0.05) is 38.4 Å². The van der Waals surface area contributed by atoms with Crippen LogP contribution in [0.4, 0.5) is 10.5 Å². The van der Waals surface area contributed by atoms with Gasteiger partial charge < -0.3 is 15.0 Å². The minimum atomic E-state index is -0.0408. The molecule has 1 aromatic rings. The van der Waals surface area contributed by atoms with Gasteiger partial charge in [0.15, 0.2) is 0 Å². The van der Waals surface area contributed by atoms with Gasteiger partial charge in [0.1, 0.15) is 0 Å². The molecule has 0 radical (unpaired) electrons. The Labute approximate surface area is 126 Å². The molecule has 2 amide bonds. The molecule has 0 aliphatic carbocycles. The fourth-order valence-electron chi connectivity index (χ4n) is 2.42. The van der Waals surface area contributed by atoms with Crippen molar-refractivity contribution in [2.24, 2.45) is 0 Å². The topological polar surface area (TPSA) is 44.8 Å². The van der Waals surface area contributed by atoms with Crippen LogP contribution in [0.25, 0.3) is 0 Å². The van der Waals surface area contributed by atoms with Crippen molar-refractivity contribution in [1.29, 1.82) is 0 Å². The third-order valence-corrected chi connectivity index (χ3v) is 3.77. The average Bonchev–Trinajstić information content (AvgIpc) is 2.51. The van der Waals surface area contributed by atoms with Crippen LogP contribution in [0.2, 0.25) is 0 Å². The van der Waals surface area contributed by atoms with Crippen molar-refractivity contribution in [1.82, 2.24) is 9.80 Å². The summed E-state index contributed by atoms with van der Waals surface area (Å²) in [5.41, 5.74) is 2.11. The smallest absolute Gasteiger partial charge is 0.321 e. The van der Waals surface area contributed by atoms with E-state index in [0.717, 1.165) is 51.6 Å². The molecule has 1 N–H and O–H groups in total. The van der Waals surface area contributed by atoms with E-state index in [1.165, 1.54) is 5.56 Å². The van der Waals surface area contributed by atoms with Crippen molar-refractivity contribution < 1.29 is 9.53 Å². The molecule has 0 unspecified atom stereocenters. The number of nitrogens with one attached hydrogen (secondary N) is 1. The maximum Gasteiger partial charge on any atom is 0.321 e. The first-order valence-electron chi connectivity index (χ1n) is 7.68. The summed E-state index contributed by atoms with van der Waals surface area (Å²) < 4.78 is 5.35. The number of carbonyl (C=O) groups excluding carboxylic acids is 1. The van der Waals surface area contributed by atoms with Crippen LogP contribution in [-0.4, -0.2) is 55.2 Å². The Balaban J connectivity index is 1.87. The molecule has 1 fully saturated rings. The van der Waals surface area contributed by atoms with Crippen molar-refractivity contribution in [2.75, 3.05) is 44.7 Å². The second kappa shape index (κ2) is 8.00. The van der Waals surface area contributed by atoms with Gasteiger partial charge in [0.25, 0.3) is 0 Å². The highest BCUT2D eigenvalue weighted by molar-refractivity contribution is 5.89. The number of hydrogen-bond donors (Lipinski definition) is 1. The molecule has 1 saturated heterocycles. The van der Waals surface area contributed by atoms with E-state index in [1.54, 1.807) is 4.90 Å². The van der Waals surface area contributed by atoms with Gasteiger partial charge in [-0.25, -0.2) is 4.79 Å². The number of urea groups is 1.